The van der Waals surface area contributed by atoms with Gasteiger partial charge in [0.1, 0.15) is 0 Å². The molecule has 0 aliphatic rings. The fourth-order valence-electron chi connectivity index (χ4n) is 1.53. The van der Waals surface area contributed by atoms with Crippen LogP contribution in [0, 0.1) is 0 Å². The molecule has 15 heavy (non-hydrogen) atoms. The van der Waals surface area contributed by atoms with Crippen molar-refractivity contribution in [2.75, 3.05) is 55.4 Å². The van der Waals surface area contributed by atoms with E-state index in [2.05, 4.69) is 42.3 Å². The standard InChI is InChI=1S/C12H30N2.ClH/c1-13(2,3)11-9-7-8-10-12-14(4,5)6;/h7-12H2,1-6H3;1H/q+2;/p-1. The average Bonchev–Trinajstić information content (AvgIpc) is 1.92. The summed E-state index contributed by atoms with van der Waals surface area (Å²) in [7, 11) is 13.6. The van der Waals surface area contributed by atoms with Crippen LogP contribution in [0.15, 0.2) is 0 Å². The first-order valence-electron chi connectivity index (χ1n) is 5.82. The Labute approximate surface area is 103 Å². The van der Waals surface area contributed by atoms with Crippen molar-refractivity contribution < 1.29 is 21.4 Å². The molecule has 0 aliphatic heterocycles. The molecule has 0 fully saturated rings. The average molecular weight is 238 g/mol. The summed E-state index contributed by atoms with van der Waals surface area (Å²) in [5, 5.41) is 0. The number of nitrogens with zero attached hydrogens (tertiary/aromatic N) is 2. The van der Waals surface area contributed by atoms with Crippen LogP contribution >= 0.6 is 0 Å². The van der Waals surface area contributed by atoms with Gasteiger partial charge >= 0.3 is 0 Å². The molecule has 0 radical (unpaired) electrons. The Bertz CT molecular complexity index is 127. The fraction of sp³-hybridized carbons (Fsp3) is 1.00. The van der Waals surface area contributed by atoms with Crippen molar-refractivity contribution in [3.05, 3.63) is 0 Å². The van der Waals surface area contributed by atoms with E-state index in [1.54, 1.807) is 0 Å². The van der Waals surface area contributed by atoms with Gasteiger partial charge in [0.2, 0.25) is 0 Å². The van der Waals surface area contributed by atoms with Gasteiger partial charge in [0, 0.05) is 0 Å². The molecule has 0 rings (SSSR count). The number of rotatable bonds is 7. The predicted molar refractivity (Wildman–Crippen MR) is 64.3 cm³/mol. The number of halogens is 1. The van der Waals surface area contributed by atoms with Crippen LogP contribution in [0.4, 0.5) is 0 Å². The summed E-state index contributed by atoms with van der Waals surface area (Å²) in [6.07, 6.45) is 5.55. The molecule has 0 N–H and O–H groups in total. The Morgan fingerprint density at radius 3 is 1.00 bits per heavy atom. The molecule has 0 amide bonds. The van der Waals surface area contributed by atoms with E-state index in [4.69, 9.17) is 0 Å². The molecule has 2 nitrogen and oxygen atoms in total. The fourth-order valence-corrected chi connectivity index (χ4v) is 1.53. The largest absolute Gasteiger partial charge is 1.00 e. The quantitative estimate of drug-likeness (QED) is 0.392. The Hall–Kier alpha value is 0.210. The van der Waals surface area contributed by atoms with Gasteiger partial charge in [0.25, 0.3) is 0 Å². The molecule has 0 saturated carbocycles. The van der Waals surface area contributed by atoms with Gasteiger partial charge < -0.3 is 21.4 Å². The minimum absolute atomic E-state index is 0. The third kappa shape index (κ3) is 16.9. The van der Waals surface area contributed by atoms with Crippen LogP contribution in [-0.2, 0) is 0 Å². The van der Waals surface area contributed by atoms with Gasteiger partial charge in [-0.1, -0.05) is 0 Å². The molecular formula is C12H30ClN2+. The molecule has 0 atom stereocenters. The lowest BCUT2D eigenvalue weighted by molar-refractivity contribution is -0.871. The third-order valence-corrected chi connectivity index (χ3v) is 2.41. The second-order valence-corrected chi connectivity index (χ2v) is 6.44. The molecular weight excluding hydrogens is 208 g/mol. The molecule has 0 aromatic rings. The van der Waals surface area contributed by atoms with Gasteiger partial charge in [0.15, 0.2) is 0 Å². The molecule has 0 saturated heterocycles. The Morgan fingerprint density at radius 2 is 0.800 bits per heavy atom. The summed E-state index contributed by atoms with van der Waals surface area (Å²) in [4.78, 5) is 0. The molecule has 0 aromatic carbocycles. The highest BCUT2D eigenvalue weighted by molar-refractivity contribution is 4.42. The molecule has 0 spiro atoms. The van der Waals surface area contributed by atoms with Crippen molar-refractivity contribution in [1.82, 2.24) is 0 Å². The second-order valence-electron chi connectivity index (χ2n) is 6.44. The normalized spacial score (nSPS) is 12.4. The molecule has 0 bridgehead atoms. The smallest absolute Gasteiger partial charge is 0.0780 e. The van der Waals surface area contributed by atoms with E-state index < -0.39 is 0 Å². The van der Waals surface area contributed by atoms with Crippen molar-refractivity contribution >= 4 is 0 Å². The maximum atomic E-state index is 2.27. The minimum Gasteiger partial charge on any atom is -1.00 e. The van der Waals surface area contributed by atoms with E-state index >= 15 is 0 Å². The minimum atomic E-state index is 0. The Morgan fingerprint density at radius 1 is 0.533 bits per heavy atom. The van der Waals surface area contributed by atoms with Crippen LogP contribution in [-0.4, -0.2) is 64.3 Å². The van der Waals surface area contributed by atoms with Gasteiger partial charge in [-0.15, -0.1) is 0 Å². The lowest BCUT2D eigenvalue weighted by Gasteiger charge is -2.25. The van der Waals surface area contributed by atoms with Crippen LogP contribution in [0.25, 0.3) is 0 Å². The van der Waals surface area contributed by atoms with E-state index in [-0.39, 0.29) is 12.4 Å². The summed E-state index contributed by atoms with van der Waals surface area (Å²) in [5.74, 6) is 0. The molecule has 0 unspecified atom stereocenters. The van der Waals surface area contributed by atoms with Crippen LogP contribution in [0.5, 0.6) is 0 Å². The molecule has 3 heteroatoms. The van der Waals surface area contributed by atoms with Crippen LogP contribution in [0.1, 0.15) is 25.7 Å². The Balaban J connectivity index is 0. The maximum Gasteiger partial charge on any atom is 0.0780 e. The van der Waals surface area contributed by atoms with Crippen LogP contribution in [0.3, 0.4) is 0 Å². The molecule has 0 heterocycles. The van der Waals surface area contributed by atoms with Crippen molar-refractivity contribution in [3.63, 3.8) is 0 Å². The highest BCUT2D eigenvalue weighted by Gasteiger charge is 2.07. The number of unbranched alkanes of at least 4 members (excludes halogenated alkanes) is 3. The lowest BCUT2D eigenvalue weighted by Crippen LogP contribution is -3.00. The SMILES string of the molecule is C[N+](C)(C)CCCCCC[N+](C)(C)C.[Cl-]. The molecule has 94 valence electrons. The second kappa shape index (κ2) is 7.48. The topological polar surface area (TPSA) is 0 Å². The first-order valence-corrected chi connectivity index (χ1v) is 5.82. The first kappa shape index (κ1) is 17.6. The Kier molecular flexibility index (Phi) is 8.77. The van der Waals surface area contributed by atoms with E-state index in [0.29, 0.717) is 0 Å². The first-order chi connectivity index (χ1) is 6.21. The number of hydrogen-bond donors (Lipinski definition) is 0. The highest BCUT2D eigenvalue weighted by atomic mass is 35.5. The van der Waals surface area contributed by atoms with Crippen LogP contribution < -0.4 is 12.4 Å². The summed E-state index contributed by atoms with van der Waals surface area (Å²) in [6, 6.07) is 0. The van der Waals surface area contributed by atoms with Gasteiger partial charge in [-0.2, -0.15) is 0 Å². The van der Waals surface area contributed by atoms with Gasteiger partial charge in [-0.05, 0) is 25.7 Å². The number of hydrogen-bond acceptors (Lipinski definition) is 0. The van der Waals surface area contributed by atoms with Crippen molar-refractivity contribution in [1.29, 1.82) is 0 Å². The summed E-state index contributed by atoms with van der Waals surface area (Å²) in [6.45, 7) is 2.62. The summed E-state index contributed by atoms with van der Waals surface area (Å²) < 4.78 is 2.21. The van der Waals surface area contributed by atoms with Crippen LogP contribution in [0.2, 0.25) is 0 Å². The van der Waals surface area contributed by atoms with Gasteiger partial charge in [0.05, 0.1) is 55.4 Å². The monoisotopic (exact) mass is 237 g/mol. The zero-order valence-electron chi connectivity index (χ0n) is 11.5. The van der Waals surface area contributed by atoms with E-state index in [0.717, 1.165) is 8.97 Å². The lowest BCUT2D eigenvalue weighted by atomic mass is 10.1. The van der Waals surface area contributed by atoms with E-state index in [1.165, 1.54) is 38.8 Å². The molecule has 0 aromatic heterocycles. The zero-order chi connectivity index (χ0) is 11.2. The summed E-state index contributed by atoms with van der Waals surface area (Å²) >= 11 is 0. The number of quaternary nitrogens is 2. The van der Waals surface area contributed by atoms with Gasteiger partial charge in [-0.3, -0.25) is 0 Å². The third-order valence-electron chi connectivity index (χ3n) is 2.41. The summed E-state index contributed by atoms with van der Waals surface area (Å²) in [5.41, 5.74) is 0. The van der Waals surface area contributed by atoms with Crippen molar-refractivity contribution in [3.8, 4) is 0 Å². The van der Waals surface area contributed by atoms with E-state index in [1.807, 2.05) is 0 Å². The van der Waals surface area contributed by atoms with Crippen molar-refractivity contribution in [2.24, 2.45) is 0 Å². The van der Waals surface area contributed by atoms with E-state index in [9.17, 15) is 0 Å². The highest BCUT2D eigenvalue weighted by Crippen LogP contribution is 2.05. The van der Waals surface area contributed by atoms with Gasteiger partial charge in [-0.25, -0.2) is 0 Å². The zero-order valence-corrected chi connectivity index (χ0v) is 12.3. The predicted octanol–water partition coefficient (Wildman–Crippen LogP) is -1.04. The molecule has 0 aliphatic carbocycles. The maximum absolute atomic E-state index is 2.27. The van der Waals surface area contributed by atoms with Crippen molar-refractivity contribution in [2.45, 2.75) is 25.7 Å².